The van der Waals surface area contributed by atoms with Crippen LogP contribution in [0, 0.1) is 12.7 Å². The smallest absolute Gasteiger partial charge is 0.131 e. The number of nitrogens with zero attached hydrogens (tertiary/aromatic N) is 1. The molecule has 4 heteroatoms. The van der Waals surface area contributed by atoms with E-state index in [9.17, 15) is 4.39 Å². The van der Waals surface area contributed by atoms with E-state index in [1.54, 1.807) is 12.3 Å². The van der Waals surface area contributed by atoms with Gasteiger partial charge in [0.25, 0.3) is 0 Å². The maximum absolute atomic E-state index is 14.4. The molecule has 4 rings (SSSR count). The van der Waals surface area contributed by atoms with E-state index in [0.29, 0.717) is 11.6 Å². The molecule has 2 aromatic carbocycles. The third kappa shape index (κ3) is 2.74. The van der Waals surface area contributed by atoms with Gasteiger partial charge in [-0.15, -0.1) is 0 Å². The van der Waals surface area contributed by atoms with Gasteiger partial charge in [-0.2, -0.15) is 0 Å². The van der Waals surface area contributed by atoms with Gasteiger partial charge in [-0.3, -0.25) is 4.98 Å². The highest BCUT2D eigenvalue weighted by Gasteiger charge is 2.17. The Morgan fingerprint density at radius 2 is 2.17 bits per heavy atom. The minimum Gasteiger partial charge on any atom is -0.380 e. The number of hydrogen-bond donors (Lipinski definition) is 2. The Labute approximate surface area is 140 Å². The molecule has 0 spiro atoms. The van der Waals surface area contributed by atoms with Crippen LogP contribution < -0.4 is 10.6 Å². The molecule has 0 aliphatic carbocycles. The van der Waals surface area contributed by atoms with Crippen molar-refractivity contribution in [1.29, 1.82) is 0 Å². The van der Waals surface area contributed by atoms with Gasteiger partial charge in [0.15, 0.2) is 0 Å². The summed E-state index contributed by atoms with van der Waals surface area (Å²) in [7, 11) is 0. The minimum absolute atomic E-state index is 0.188. The van der Waals surface area contributed by atoms with Gasteiger partial charge >= 0.3 is 0 Å². The summed E-state index contributed by atoms with van der Waals surface area (Å²) in [6.45, 7) is 3.93. The van der Waals surface area contributed by atoms with Crippen LogP contribution in [-0.2, 0) is 0 Å². The predicted octanol–water partition coefficient (Wildman–Crippen LogP) is 4.12. The lowest BCUT2D eigenvalue weighted by molar-refractivity contribution is 0.630. The number of benzene rings is 2. The summed E-state index contributed by atoms with van der Waals surface area (Å²) >= 11 is 0. The number of aryl methyl sites for hydroxylation is 1. The van der Waals surface area contributed by atoms with Crippen molar-refractivity contribution in [2.45, 2.75) is 19.4 Å². The molecule has 2 N–H and O–H groups in total. The lowest BCUT2D eigenvalue weighted by Gasteiger charge is -2.17. The van der Waals surface area contributed by atoms with Crippen molar-refractivity contribution in [2.24, 2.45) is 0 Å². The van der Waals surface area contributed by atoms with Gasteiger partial charge < -0.3 is 10.6 Å². The molecule has 1 atom stereocenters. The van der Waals surface area contributed by atoms with E-state index in [1.807, 2.05) is 31.3 Å². The lowest BCUT2D eigenvalue weighted by atomic mass is 9.96. The third-order valence-corrected chi connectivity index (χ3v) is 4.68. The van der Waals surface area contributed by atoms with Gasteiger partial charge in [0.05, 0.1) is 0 Å². The zero-order valence-electron chi connectivity index (χ0n) is 13.6. The first-order valence-corrected chi connectivity index (χ1v) is 8.33. The molecule has 0 bridgehead atoms. The summed E-state index contributed by atoms with van der Waals surface area (Å²) in [6.07, 6.45) is 4.73. The van der Waals surface area contributed by atoms with Crippen molar-refractivity contribution in [1.82, 2.24) is 10.3 Å². The van der Waals surface area contributed by atoms with Crippen LogP contribution in [-0.4, -0.2) is 24.1 Å². The molecule has 0 radical (unpaired) electrons. The number of halogens is 1. The topological polar surface area (TPSA) is 37.0 Å². The van der Waals surface area contributed by atoms with E-state index in [2.05, 4.69) is 21.7 Å². The molecule has 1 fully saturated rings. The van der Waals surface area contributed by atoms with Crippen LogP contribution in [0.1, 0.15) is 12.0 Å². The summed E-state index contributed by atoms with van der Waals surface area (Å²) in [6, 6.07) is 11.7. The van der Waals surface area contributed by atoms with Crippen molar-refractivity contribution in [2.75, 3.05) is 18.4 Å². The van der Waals surface area contributed by atoms with Gasteiger partial charge in [-0.05, 0) is 55.3 Å². The molecule has 1 aliphatic heterocycles. The van der Waals surface area contributed by atoms with Gasteiger partial charge in [0.1, 0.15) is 5.82 Å². The van der Waals surface area contributed by atoms with Crippen molar-refractivity contribution in [3.05, 3.63) is 60.2 Å². The van der Waals surface area contributed by atoms with Crippen molar-refractivity contribution in [3.63, 3.8) is 0 Å². The monoisotopic (exact) mass is 321 g/mol. The Morgan fingerprint density at radius 3 is 2.96 bits per heavy atom. The molecule has 1 aromatic heterocycles. The number of aromatic nitrogens is 1. The van der Waals surface area contributed by atoms with E-state index in [-0.39, 0.29) is 5.82 Å². The molecule has 1 aliphatic rings. The number of anilines is 1. The maximum atomic E-state index is 14.4. The fourth-order valence-corrected chi connectivity index (χ4v) is 3.47. The molecular weight excluding hydrogens is 301 g/mol. The Morgan fingerprint density at radius 1 is 1.25 bits per heavy atom. The molecule has 0 saturated carbocycles. The summed E-state index contributed by atoms with van der Waals surface area (Å²) in [5, 5.41) is 9.13. The third-order valence-electron chi connectivity index (χ3n) is 4.68. The van der Waals surface area contributed by atoms with Crippen molar-refractivity contribution >= 4 is 16.5 Å². The fourth-order valence-electron chi connectivity index (χ4n) is 3.47. The van der Waals surface area contributed by atoms with Crippen molar-refractivity contribution < 1.29 is 4.39 Å². The van der Waals surface area contributed by atoms with Gasteiger partial charge in [-0.25, -0.2) is 4.39 Å². The summed E-state index contributed by atoms with van der Waals surface area (Å²) in [5.41, 5.74) is 3.53. The summed E-state index contributed by atoms with van der Waals surface area (Å²) < 4.78 is 14.4. The number of rotatable bonds is 3. The normalized spacial score (nSPS) is 17.3. The van der Waals surface area contributed by atoms with Crippen LogP contribution in [0.4, 0.5) is 10.1 Å². The predicted molar refractivity (Wildman–Crippen MR) is 96.8 cm³/mol. The second-order valence-corrected chi connectivity index (χ2v) is 6.39. The number of fused-ring (bicyclic) bond motifs is 1. The largest absolute Gasteiger partial charge is 0.380 e. The molecule has 1 unspecified atom stereocenters. The molecule has 122 valence electrons. The van der Waals surface area contributed by atoms with Gasteiger partial charge in [0.2, 0.25) is 0 Å². The Balaban J connectivity index is 1.87. The zero-order valence-corrected chi connectivity index (χ0v) is 13.6. The number of nitrogens with one attached hydrogen (secondary N) is 2. The highest BCUT2D eigenvalue weighted by Crippen LogP contribution is 2.34. The van der Waals surface area contributed by atoms with E-state index in [1.165, 1.54) is 6.07 Å². The van der Waals surface area contributed by atoms with E-state index in [0.717, 1.165) is 47.1 Å². The van der Waals surface area contributed by atoms with Crippen LogP contribution in [0.2, 0.25) is 0 Å². The van der Waals surface area contributed by atoms with Gasteiger partial charge in [0, 0.05) is 47.0 Å². The summed E-state index contributed by atoms with van der Waals surface area (Å²) in [4.78, 5) is 4.23. The average Bonchev–Trinajstić information content (AvgIpc) is 3.08. The van der Waals surface area contributed by atoms with E-state index >= 15 is 0 Å². The molecule has 3 aromatic rings. The standard InChI is InChI=1S/C20H20FN3/c1-13-3-2-4-18(21)20(13)14-9-15-11-22-8-6-17(15)19(10-14)24-16-5-7-23-12-16/h2-4,6,8-11,16,23-24H,5,7,12H2,1H3. The van der Waals surface area contributed by atoms with Gasteiger partial charge in [-0.1, -0.05) is 12.1 Å². The minimum atomic E-state index is -0.188. The zero-order chi connectivity index (χ0) is 16.5. The second-order valence-electron chi connectivity index (χ2n) is 6.39. The van der Waals surface area contributed by atoms with Crippen LogP contribution in [0.25, 0.3) is 21.9 Å². The van der Waals surface area contributed by atoms with E-state index < -0.39 is 0 Å². The SMILES string of the molecule is Cc1cccc(F)c1-c1cc(NC2CCNC2)c2ccncc2c1. The first kappa shape index (κ1) is 15.1. The molecule has 1 saturated heterocycles. The first-order chi connectivity index (χ1) is 11.7. The van der Waals surface area contributed by atoms with Crippen molar-refractivity contribution in [3.8, 4) is 11.1 Å². The molecular formula is C20H20FN3. The molecule has 24 heavy (non-hydrogen) atoms. The Bertz CT molecular complexity index is 865. The number of pyridine rings is 1. The van der Waals surface area contributed by atoms with Crippen LogP contribution in [0.5, 0.6) is 0 Å². The quantitative estimate of drug-likeness (QED) is 0.762. The molecule has 0 amide bonds. The highest BCUT2D eigenvalue weighted by atomic mass is 19.1. The maximum Gasteiger partial charge on any atom is 0.131 e. The fraction of sp³-hybridized carbons (Fsp3) is 0.250. The first-order valence-electron chi connectivity index (χ1n) is 8.33. The van der Waals surface area contributed by atoms with Crippen LogP contribution in [0.15, 0.2) is 48.8 Å². The Hall–Kier alpha value is -2.46. The van der Waals surface area contributed by atoms with Crippen LogP contribution >= 0.6 is 0 Å². The average molecular weight is 321 g/mol. The van der Waals surface area contributed by atoms with Crippen LogP contribution in [0.3, 0.4) is 0 Å². The highest BCUT2D eigenvalue weighted by molar-refractivity contribution is 5.97. The van der Waals surface area contributed by atoms with E-state index in [4.69, 9.17) is 0 Å². The Kier molecular flexibility index (Phi) is 3.90. The lowest BCUT2D eigenvalue weighted by Crippen LogP contribution is -2.22. The summed E-state index contributed by atoms with van der Waals surface area (Å²) in [5.74, 6) is -0.188. The molecule has 2 heterocycles. The molecule has 3 nitrogen and oxygen atoms in total. The number of hydrogen-bond acceptors (Lipinski definition) is 3. The second kappa shape index (κ2) is 6.21.